The zero-order valence-electron chi connectivity index (χ0n) is 16.1. The molecule has 2 N–H and O–H groups in total. The highest BCUT2D eigenvalue weighted by Gasteiger charge is 2.23. The molecule has 2 saturated heterocycles. The zero-order valence-corrected chi connectivity index (χ0v) is 18.5. The van der Waals surface area contributed by atoms with Crippen molar-refractivity contribution in [3.8, 4) is 0 Å². The molecule has 1 aromatic heterocycles. The number of hydrogen-bond acceptors (Lipinski definition) is 6. The van der Waals surface area contributed by atoms with Gasteiger partial charge in [-0.25, -0.2) is 9.97 Å². The highest BCUT2D eigenvalue weighted by atomic mass is 127. The van der Waals surface area contributed by atoms with Gasteiger partial charge in [0.25, 0.3) is 0 Å². The lowest BCUT2D eigenvalue weighted by Crippen LogP contribution is -2.47. The number of nitrogens with one attached hydrogen (secondary N) is 1. The van der Waals surface area contributed by atoms with Crippen molar-refractivity contribution in [3.63, 3.8) is 0 Å². The molecule has 0 aliphatic carbocycles. The van der Waals surface area contributed by atoms with E-state index in [2.05, 4.69) is 36.9 Å². The fourth-order valence-corrected chi connectivity index (χ4v) is 3.47. The molecular formula is C18H32IN7O. The fraction of sp³-hybridized carbons (Fsp3) is 0.722. The van der Waals surface area contributed by atoms with Gasteiger partial charge >= 0.3 is 0 Å². The molecule has 0 radical (unpaired) electrons. The van der Waals surface area contributed by atoms with Crippen LogP contribution in [0, 0.1) is 0 Å². The summed E-state index contributed by atoms with van der Waals surface area (Å²) in [5.41, 5.74) is 0. The first-order valence-corrected chi connectivity index (χ1v) is 9.72. The molecule has 0 aromatic carbocycles. The summed E-state index contributed by atoms with van der Waals surface area (Å²) in [4.78, 5) is 20.3. The summed E-state index contributed by atoms with van der Waals surface area (Å²) >= 11 is 0. The van der Waals surface area contributed by atoms with Gasteiger partial charge in [0.2, 0.25) is 5.95 Å². The van der Waals surface area contributed by atoms with Crippen LogP contribution in [0.15, 0.2) is 23.5 Å². The van der Waals surface area contributed by atoms with E-state index in [1.165, 1.54) is 0 Å². The number of anilines is 1. The van der Waals surface area contributed by atoms with Crippen LogP contribution in [0.3, 0.4) is 0 Å². The molecule has 0 saturated carbocycles. The van der Waals surface area contributed by atoms with E-state index in [1.54, 1.807) is 12.4 Å². The van der Waals surface area contributed by atoms with Crippen molar-refractivity contribution in [2.75, 3.05) is 63.8 Å². The summed E-state index contributed by atoms with van der Waals surface area (Å²) in [6, 6.07) is 1.85. The van der Waals surface area contributed by atoms with E-state index in [0.717, 1.165) is 77.1 Å². The van der Waals surface area contributed by atoms with Crippen molar-refractivity contribution in [2.45, 2.75) is 25.9 Å². The van der Waals surface area contributed by atoms with Crippen molar-refractivity contribution >= 4 is 35.9 Å². The number of hydrogen-bond donors (Lipinski definition) is 2. The lowest BCUT2D eigenvalue weighted by molar-refractivity contribution is 0.187. The van der Waals surface area contributed by atoms with Crippen LogP contribution in [0.1, 0.15) is 19.8 Å². The van der Waals surface area contributed by atoms with Crippen LogP contribution in [0.4, 0.5) is 5.95 Å². The number of halogens is 1. The first kappa shape index (κ1) is 22.1. The van der Waals surface area contributed by atoms with Crippen LogP contribution in [0.5, 0.6) is 0 Å². The van der Waals surface area contributed by atoms with Crippen molar-refractivity contribution in [1.29, 1.82) is 0 Å². The SMILES string of the molecule is CCNC(=NCCCN1CCN(c2ncccn2)CC1)N1CC[C@@H](O)C1.I. The maximum absolute atomic E-state index is 9.72. The van der Waals surface area contributed by atoms with Crippen LogP contribution >= 0.6 is 24.0 Å². The van der Waals surface area contributed by atoms with Crippen molar-refractivity contribution in [1.82, 2.24) is 25.1 Å². The molecule has 27 heavy (non-hydrogen) atoms. The Bertz CT molecular complexity index is 566. The standard InChI is InChI=1S/C18H31N7O.HI/c1-2-19-17(25-10-5-16(26)15-25)22-8-4-9-23-11-13-24(14-12-23)18-20-6-3-7-21-18;/h3,6-7,16,26H,2,4-5,8-15H2,1H3,(H,19,22);1H/t16-;/m1./s1. The fourth-order valence-electron chi connectivity index (χ4n) is 3.47. The molecular weight excluding hydrogens is 457 g/mol. The smallest absolute Gasteiger partial charge is 0.225 e. The number of aromatic nitrogens is 2. The Hall–Kier alpha value is -1.20. The van der Waals surface area contributed by atoms with E-state index >= 15 is 0 Å². The van der Waals surface area contributed by atoms with Crippen LogP contribution in [-0.4, -0.2) is 95.8 Å². The first-order valence-electron chi connectivity index (χ1n) is 9.72. The molecule has 1 atom stereocenters. The van der Waals surface area contributed by atoms with Crippen LogP contribution in [0.25, 0.3) is 0 Å². The quantitative estimate of drug-likeness (QED) is 0.263. The maximum Gasteiger partial charge on any atom is 0.225 e. The number of aliphatic hydroxyl groups excluding tert-OH is 1. The normalized spacial score (nSPS) is 21.3. The molecule has 1 aromatic rings. The van der Waals surface area contributed by atoms with Gasteiger partial charge in [-0.1, -0.05) is 0 Å². The first-order chi connectivity index (χ1) is 12.8. The van der Waals surface area contributed by atoms with E-state index in [9.17, 15) is 5.11 Å². The van der Waals surface area contributed by atoms with E-state index < -0.39 is 0 Å². The molecule has 2 aliphatic heterocycles. The largest absolute Gasteiger partial charge is 0.391 e. The number of piperazine rings is 1. The van der Waals surface area contributed by atoms with Crippen molar-refractivity contribution in [2.24, 2.45) is 4.99 Å². The molecule has 0 bridgehead atoms. The van der Waals surface area contributed by atoms with Crippen molar-refractivity contribution < 1.29 is 5.11 Å². The number of rotatable bonds is 6. The average molecular weight is 489 g/mol. The van der Waals surface area contributed by atoms with Crippen molar-refractivity contribution in [3.05, 3.63) is 18.5 Å². The molecule has 0 amide bonds. The Morgan fingerprint density at radius 1 is 1.22 bits per heavy atom. The predicted molar refractivity (Wildman–Crippen MR) is 119 cm³/mol. The zero-order chi connectivity index (χ0) is 18.2. The second-order valence-corrected chi connectivity index (χ2v) is 6.86. The average Bonchev–Trinajstić information content (AvgIpc) is 3.12. The van der Waals surface area contributed by atoms with Crippen LogP contribution in [-0.2, 0) is 0 Å². The predicted octanol–water partition coefficient (Wildman–Crippen LogP) is 0.639. The number of nitrogens with zero attached hydrogens (tertiary/aromatic N) is 6. The second-order valence-electron chi connectivity index (χ2n) is 6.86. The van der Waals surface area contributed by atoms with Crippen LogP contribution < -0.4 is 10.2 Å². The van der Waals surface area contributed by atoms with Gasteiger partial charge in [0.1, 0.15) is 0 Å². The lowest BCUT2D eigenvalue weighted by atomic mass is 10.3. The number of guanidine groups is 1. The Labute approximate surface area is 179 Å². The summed E-state index contributed by atoms with van der Waals surface area (Å²) in [5.74, 6) is 1.77. The third-order valence-corrected chi connectivity index (χ3v) is 4.90. The van der Waals surface area contributed by atoms with Gasteiger partial charge in [0.05, 0.1) is 6.10 Å². The Morgan fingerprint density at radius 3 is 2.59 bits per heavy atom. The molecule has 3 rings (SSSR count). The summed E-state index contributed by atoms with van der Waals surface area (Å²) in [6.45, 7) is 10.4. The molecule has 2 aliphatic rings. The highest BCUT2D eigenvalue weighted by molar-refractivity contribution is 14.0. The minimum atomic E-state index is -0.219. The van der Waals surface area contributed by atoms with E-state index in [0.29, 0.717) is 6.54 Å². The number of aliphatic hydroxyl groups is 1. The van der Waals surface area contributed by atoms with Gasteiger partial charge in [0, 0.05) is 71.3 Å². The molecule has 0 spiro atoms. The van der Waals surface area contributed by atoms with Crippen LogP contribution in [0.2, 0.25) is 0 Å². The van der Waals surface area contributed by atoms with Gasteiger partial charge in [-0.2, -0.15) is 0 Å². The molecule has 152 valence electrons. The highest BCUT2D eigenvalue weighted by Crippen LogP contribution is 2.11. The Morgan fingerprint density at radius 2 is 1.96 bits per heavy atom. The molecule has 9 heteroatoms. The molecule has 2 fully saturated rings. The lowest BCUT2D eigenvalue weighted by Gasteiger charge is -2.34. The summed E-state index contributed by atoms with van der Waals surface area (Å²) < 4.78 is 0. The number of β-amino-alcohol motifs (C(OH)–C–C–N with tert-alkyl or cyclic N) is 1. The second kappa shape index (κ2) is 11.6. The Kier molecular flexibility index (Phi) is 9.49. The number of likely N-dealkylation sites (tertiary alicyclic amines) is 1. The summed E-state index contributed by atoms with van der Waals surface area (Å²) in [6.07, 6.45) is 5.26. The van der Waals surface area contributed by atoms with Gasteiger partial charge in [-0.15, -0.1) is 24.0 Å². The summed E-state index contributed by atoms with van der Waals surface area (Å²) in [5, 5.41) is 13.1. The van der Waals surface area contributed by atoms with Gasteiger partial charge < -0.3 is 20.2 Å². The van der Waals surface area contributed by atoms with E-state index in [1.807, 2.05) is 6.07 Å². The van der Waals surface area contributed by atoms with Gasteiger partial charge in [0.15, 0.2) is 5.96 Å². The number of aliphatic imine (C=N–C) groups is 1. The van der Waals surface area contributed by atoms with Gasteiger partial charge in [-0.05, 0) is 25.8 Å². The van der Waals surface area contributed by atoms with E-state index in [-0.39, 0.29) is 30.1 Å². The summed E-state index contributed by atoms with van der Waals surface area (Å²) in [7, 11) is 0. The molecule has 3 heterocycles. The topological polar surface area (TPSA) is 80.1 Å². The molecule has 0 unspecified atom stereocenters. The third kappa shape index (κ3) is 6.72. The Balaban J connectivity index is 0.00000261. The van der Waals surface area contributed by atoms with E-state index in [4.69, 9.17) is 4.99 Å². The minimum Gasteiger partial charge on any atom is -0.391 e. The monoisotopic (exact) mass is 489 g/mol. The minimum absolute atomic E-state index is 0. The third-order valence-electron chi connectivity index (χ3n) is 4.90. The van der Waals surface area contributed by atoms with Gasteiger partial charge in [-0.3, -0.25) is 9.89 Å². The maximum atomic E-state index is 9.72. The molecule has 8 nitrogen and oxygen atoms in total.